The summed E-state index contributed by atoms with van der Waals surface area (Å²) in [4.78, 5) is 14.2. The molecule has 0 spiro atoms. The van der Waals surface area contributed by atoms with Gasteiger partial charge in [-0.15, -0.1) is 0 Å². The highest BCUT2D eigenvalue weighted by molar-refractivity contribution is 5.59. The van der Waals surface area contributed by atoms with Crippen LogP contribution in [0.5, 0.6) is 5.75 Å². The lowest BCUT2D eigenvalue weighted by Gasteiger charge is -2.24. The van der Waals surface area contributed by atoms with Gasteiger partial charge >= 0.3 is 0 Å². The Labute approximate surface area is 139 Å². The second kappa shape index (κ2) is 7.27. The third-order valence-electron chi connectivity index (χ3n) is 3.87. The molecule has 0 amide bonds. The fraction of sp³-hybridized carbons (Fsp3) is 0.353. The van der Waals surface area contributed by atoms with Gasteiger partial charge in [0.2, 0.25) is 0 Å². The maximum atomic E-state index is 10.6. The predicted molar refractivity (Wildman–Crippen MR) is 89.8 cm³/mol. The Morgan fingerprint density at radius 3 is 2.71 bits per heavy atom. The van der Waals surface area contributed by atoms with Crippen LogP contribution in [0.1, 0.15) is 18.4 Å². The Bertz CT molecular complexity index is 712. The Balaban J connectivity index is 1.66. The fourth-order valence-corrected chi connectivity index (χ4v) is 2.55. The maximum absolute atomic E-state index is 10.6. The zero-order valence-electron chi connectivity index (χ0n) is 13.4. The number of aryl methyl sites for hydroxylation is 1. The summed E-state index contributed by atoms with van der Waals surface area (Å²) < 4.78 is 11.4. The van der Waals surface area contributed by atoms with Crippen molar-refractivity contribution in [2.24, 2.45) is 0 Å². The van der Waals surface area contributed by atoms with Crippen LogP contribution >= 0.6 is 0 Å². The second-order valence-corrected chi connectivity index (χ2v) is 5.69. The molecule has 126 valence electrons. The van der Waals surface area contributed by atoms with E-state index in [9.17, 15) is 10.1 Å². The standard InChI is InChI=1S/C17H19N3O4/c1-12-10-13(19-17-5-3-14(11-18-17)20(21)22)2-4-16(12)24-15-6-8-23-9-7-15/h2-5,10-11,15H,6-9H2,1H3,(H,18,19). The molecule has 0 bridgehead atoms. The molecule has 24 heavy (non-hydrogen) atoms. The molecule has 1 aliphatic rings. The van der Waals surface area contributed by atoms with Crippen LogP contribution in [0.3, 0.4) is 0 Å². The van der Waals surface area contributed by atoms with Gasteiger partial charge in [-0.2, -0.15) is 0 Å². The van der Waals surface area contributed by atoms with Gasteiger partial charge in [-0.25, -0.2) is 4.98 Å². The van der Waals surface area contributed by atoms with Crippen molar-refractivity contribution < 1.29 is 14.4 Å². The normalized spacial score (nSPS) is 15.0. The molecule has 1 aliphatic heterocycles. The molecule has 7 nitrogen and oxygen atoms in total. The number of nitrogens with zero attached hydrogens (tertiary/aromatic N) is 2. The molecule has 0 unspecified atom stereocenters. The van der Waals surface area contributed by atoms with E-state index in [1.54, 1.807) is 6.07 Å². The molecule has 1 N–H and O–H groups in total. The third-order valence-corrected chi connectivity index (χ3v) is 3.87. The van der Waals surface area contributed by atoms with Gasteiger partial charge in [-0.1, -0.05) is 0 Å². The summed E-state index contributed by atoms with van der Waals surface area (Å²) in [6.45, 7) is 3.48. The van der Waals surface area contributed by atoms with E-state index in [0.29, 0.717) is 5.82 Å². The number of nitrogens with one attached hydrogen (secondary N) is 1. The first-order valence-corrected chi connectivity index (χ1v) is 7.84. The fourth-order valence-electron chi connectivity index (χ4n) is 2.55. The number of hydrogen-bond acceptors (Lipinski definition) is 6. The minimum absolute atomic E-state index is 0.0306. The maximum Gasteiger partial charge on any atom is 0.287 e. The highest BCUT2D eigenvalue weighted by atomic mass is 16.6. The molecule has 0 saturated carbocycles. The molecule has 1 aromatic heterocycles. The smallest absolute Gasteiger partial charge is 0.287 e. The molecule has 2 heterocycles. The average molecular weight is 329 g/mol. The first kappa shape index (κ1) is 16.2. The van der Waals surface area contributed by atoms with Crippen LogP contribution in [0, 0.1) is 17.0 Å². The number of pyridine rings is 1. The summed E-state index contributed by atoms with van der Waals surface area (Å²) >= 11 is 0. The Morgan fingerprint density at radius 2 is 2.08 bits per heavy atom. The number of anilines is 2. The van der Waals surface area contributed by atoms with Crippen LogP contribution in [0.4, 0.5) is 17.2 Å². The SMILES string of the molecule is Cc1cc(Nc2ccc([N+](=O)[O-])cn2)ccc1OC1CCOCC1. The lowest BCUT2D eigenvalue weighted by atomic mass is 10.1. The number of rotatable bonds is 5. The highest BCUT2D eigenvalue weighted by Gasteiger charge is 2.16. The largest absolute Gasteiger partial charge is 0.490 e. The Hall–Kier alpha value is -2.67. The summed E-state index contributed by atoms with van der Waals surface area (Å²) in [6, 6.07) is 8.81. The number of aromatic nitrogens is 1. The molecule has 2 aromatic rings. The Morgan fingerprint density at radius 1 is 1.29 bits per heavy atom. The zero-order valence-corrected chi connectivity index (χ0v) is 13.4. The van der Waals surface area contributed by atoms with Crippen molar-refractivity contribution in [3.8, 4) is 5.75 Å². The molecular formula is C17H19N3O4. The van der Waals surface area contributed by atoms with Gasteiger partial charge in [-0.05, 0) is 36.8 Å². The van der Waals surface area contributed by atoms with Crippen molar-refractivity contribution in [3.63, 3.8) is 0 Å². The number of hydrogen-bond donors (Lipinski definition) is 1. The molecule has 1 aromatic carbocycles. The van der Waals surface area contributed by atoms with Crippen LogP contribution in [-0.2, 0) is 4.74 Å². The summed E-state index contributed by atoms with van der Waals surface area (Å²) in [5, 5.41) is 13.8. The first-order valence-electron chi connectivity index (χ1n) is 7.84. The van der Waals surface area contributed by atoms with E-state index in [1.165, 1.54) is 12.3 Å². The van der Waals surface area contributed by atoms with E-state index in [1.807, 2.05) is 25.1 Å². The molecule has 7 heteroatoms. The summed E-state index contributed by atoms with van der Waals surface area (Å²) in [5.74, 6) is 1.42. The molecule has 1 fully saturated rings. The van der Waals surface area contributed by atoms with Crippen molar-refractivity contribution in [2.75, 3.05) is 18.5 Å². The van der Waals surface area contributed by atoms with Gasteiger partial charge in [0, 0.05) is 24.6 Å². The monoisotopic (exact) mass is 329 g/mol. The minimum Gasteiger partial charge on any atom is -0.490 e. The topological polar surface area (TPSA) is 86.5 Å². The van der Waals surface area contributed by atoms with Gasteiger partial charge in [0.1, 0.15) is 23.9 Å². The van der Waals surface area contributed by atoms with Crippen LogP contribution in [-0.4, -0.2) is 29.2 Å². The summed E-state index contributed by atoms with van der Waals surface area (Å²) in [6.07, 6.45) is 3.25. The van der Waals surface area contributed by atoms with Crippen molar-refractivity contribution in [3.05, 3.63) is 52.2 Å². The molecule has 1 saturated heterocycles. The highest BCUT2D eigenvalue weighted by Crippen LogP contribution is 2.26. The zero-order chi connectivity index (χ0) is 16.9. The second-order valence-electron chi connectivity index (χ2n) is 5.69. The van der Waals surface area contributed by atoms with E-state index in [0.717, 1.165) is 43.1 Å². The van der Waals surface area contributed by atoms with Crippen molar-refractivity contribution in [1.82, 2.24) is 4.98 Å². The van der Waals surface area contributed by atoms with E-state index >= 15 is 0 Å². The van der Waals surface area contributed by atoms with Crippen molar-refractivity contribution in [1.29, 1.82) is 0 Å². The van der Waals surface area contributed by atoms with Crippen molar-refractivity contribution in [2.45, 2.75) is 25.9 Å². The van der Waals surface area contributed by atoms with E-state index in [2.05, 4.69) is 10.3 Å². The van der Waals surface area contributed by atoms with E-state index in [4.69, 9.17) is 9.47 Å². The van der Waals surface area contributed by atoms with Gasteiger partial charge < -0.3 is 14.8 Å². The number of nitro groups is 1. The molecule has 0 atom stereocenters. The lowest BCUT2D eigenvalue weighted by molar-refractivity contribution is -0.385. The molecule has 0 aliphatic carbocycles. The molecular weight excluding hydrogens is 310 g/mol. The number of ether oxygens (including phenoxy) is 2. The number of benzene rings is 1. The summed E-state index contributed by atoms with van der Waals surface area (Å²) in [7, 11) is 0. The van der Waals surface area contributed by atoms with Crippen LogP contribution in [0.2, 0.25) is 0 Å². The summed E-state index contributed by atoms with van der Waals surface area (Å²) in [5.41, 5.74) is 1.85. The molecule has 0 radical (unpaired) electrons. The Kier molecular flexibility index (Phi) is 4.90. The van der Waals surface area contributed by atoms with Gasteiger partial charge in [0.15, 0.2) is 0 Å². The lowest BCUT2D eigenvalue weighted by Crippen LogP contribution is -2.26. The quantitative estimate of drug-likeness (QED) is 0.666. The van der Waals surface area contributed by atoms with Crippen LogP contribution < -0.4 is 10.1 Å². The van der Waals surface area contributed by atoms with E-state index in [-0.39, 0.29) is 11.8 Å². The van der Waals surface area contributed by atoms with Crippen LogP contribution in [0.25, 0.3) is 0 Å². The molecule has 3 rings (SSSR count). The average Bonchev–Trinajstić information content (AvgIpc) is 2.59. The predicted octanol–water partition coefficient (Wildman–Crippen LogP) is 3.60. The van der Waals surface area contributed by atoms with Crippen LogP contribution in [0.15, 0.2) is 36.5 Å². The minimum atomic E-state index is -0.469. The van der Waals surface area contributed by atoms with Gasteiger partial charge in [0.05, 0.1) is 18.1 Å². The van der Waals surface area contributed by atoms with E-state index < -0.39 is 4.92 Å². The third kappa shape index (κ3) is 3.99. The van der Waals surface area contributed by atoms with Gasteiger partial charge in [0.25, 0.3) is 5.69 Å². The van der Waals surface area contributed by atoms with Crippen molar-refractivity contribution >= 4 is 17.2 Å². The van der Waals surface area contributed by atoms with Gasteiger partial charge in [-0.3, -0.25) is 10.1 Å². The first-order chi connectivity index (χ1) is 11.6.